The molecule has 190 valence electrons. The Balaban J connectivity index is 0.000000349. The molecule has 6 heteroatoms. The van der Waals surface area contributed by atoms with E-state index in [2.05, 4.69) is 95.7 Å². The second-order valence-corrected chi connectivity index (χ2v) is 9.31. The summed E-state index contributed by atoms with van der Waals surface area (Å²) in [6.45, 7) is 4.17. The maximum Gasteiger partial charge on any atom is 0.328 e. The zero-order chi connectivity index (χ0) is 26.2. The maximum absolute atomic E-state index is 9.55. The highest BCUT2D eigenvalue weighted by Crippen LogP contribution is 2.42. The summed E-state index contributed by atoms with van der Waals surface area (Å²) in [5.41, 5.74) is 10.1. The van der Waals surface area contributed by atoms with Crippen LogP contribution in [0.5, 0.6) is 0 Å². The van der Waals surface area contributed by atoms with E-state index >= 15 is 0 Å². The van der Waals surface area contributed by atoms with Crippen LogP contribution in [-0.2, 0) is 22.7 Å². The number of fused-ring (bicyclic) bond motifs is 2. The lowest BCUT2D eigenvalue weighted by atomic mass is 9.86. The van der Waals surface area contributed by atoms with Crippen LogP contribution in [0.4, 0.5) is 5.69 Å². The Bertz CT molecular complexity index is 1290. The van der Waals surface area contributed by atoms with Gasteiger partial charge in [0.2, 0.25) is 0 Å². The van der Waals surface area contributed by atoms with Gasteiger partial charge >= 0.3 is 11.9 Å². The molecule has 0 aliphatic carbocycles. The average molecular weight is 497 g/mol. The number of rotatable bonds is 4. The van der Waals surface area contributed by atoms with Gasteiger partial charge in [-0.25, -0.2) is 9.59 Å². The fourth-order valence-electron chi connectivity index (χ4n) is 4.91. The number of nitrogens with zero attached hydrogens (tertiary/aromatic N) is 2. The lowest BCUT2D eigenvalue weighted by molar-refractivity contribution is -0.134. The largest absolute Gasteiger partial charge is 0.478 e. The molecule has 37 heavy (non-hydrogen) atoms. The van der Waals surface area contributed by atoms with Crippen molar-refractivity contribution in [3.63, 3.8) is 0 Å². The lowest BCUT2D eigenvalue weighted by Gasteiger charge is -2.28. The Hall–Kier alpha value is -4.16. The number of piperidine rings is 1. The summed E-state index contributed by atoms with van der Waals surface area (Å²) in [5.74, 6) is -2.51. The van der Waals surface area contributed by atoms with Crippen LogP contribution < -0.4 is 4.90 Å². The molecule has 0 saturated carbocycles. The Morgan fingerprint density at radius 3 is 2.00 bits per heavy atom. The molecule has 6 nitrogen and oxygen atoms in total. The van der Waals surface area contributed by atoms with E-state index < -0.39 is 11.9 Å². The molecule has 3 aromatic carbocycles. The van der Waals surface area contributed by atoms with Crippen molar-refractivity contribution in [3.8, 4) is 0 Å². The zero-order valence-corrected chi connectivity index (χ0v) is 21.0. The molecule has 1 saturated heterocycles. The van der Waals surface area contributed by atoms with Crippen LogP contribution in [0.2, 0.25) is 0 Å². The number of carboxylic acids is 2. The van der Waals surface area contributed by atoms with E-state index in [1.807, 2.05) is 0 Å². The summed E-state index contributed by atoms with van der Waals surface area (Å²) in [6.07, 6.45) is 3.44. The van der Waals surface area contributed by atoms with Gasteiger partial charge in [0.15, 0.2) is 0 Å². The van der Waals surface area contributed by atoms with E-state index in [1.165, 1.54) is 33.5 Å². The van der Waals surface area contributed by atoms with Crippen molar-refractivity contribution in [3.05, 3.63) is 119 Å². The van der Waals surface area contributed by atoms with Crippen LogP contribution in [0.15, 0.2) is 96.6 Å². The van der Waals surface area contributed by atoms with E-state index in [9.17, 15) is 9.59 Å². The Morgan fingerprint density at radius 1 is 0.784 bits per heavy atom. The predicted octanol–water partition coefficient (Wildman–Crippen LogP) is 5.45. The highest BCUT2D eigenvalue weighted by molar-refractivity contribution is 5.91. The van der Waals surface area contributed by atoms with Crippen molar-refractivity contribution in [1.82, 2.24) is 4.90 Å². The fourth-order valence-corrected chi connectivity index (χ4v) is 4.91. The van der Waals surface area contributed by atoms with Crippen molar-refractivity contribution >= 4 is 23.2 Å². The van der Waals surface area contributed by atoms with Crippen molar-refractivity contribution in [2.45, 2.75) is 25.9 Å². The number of benzene rings is 3. The lowest BCUT2D eigenvalue weighted by Crippen LogP contribution is -2.27. The van der Waals surface area contributed by atoms with E-state index in [0.29, 0.717) is 12.2 Å². The molecule has 0 spiro atoms. The number of para-hydroxylation sites is 1. The minimum Gasteiger partial charge on any atom is -0.478 e. The second-order valence-electron chi connectivity index (χ2n) is 9.31. The first-order valence-electron chi connectivity index (χ1n) is 12.4. The van der Waals surface area contributed by atoms with Gasteiger partial charge in [0, 0.05) is 49.6 Å². The van der Waals surface area contributed by atoms with Gasteiger partial charge in [0.1, 0.15) is 0 Å². The number of likely N-dealkylation sites (tertiary alicyclic amines) is 1. The topological polar surface area (TPSA) is 81.1 Å². The zero-order valence-electron chi connectivity index (χ0n) is 21.0. The number of anilines is 1. The van der Waals surface area contributed by atoms with Crippen LogP contribution in [0.1, 0.15) is 35.1 Å². The van der Waals surface area contributed by atoms with E-state index in [-0.39, 0.29) is 0 Å². The Kier molecular flexibility index (Phi) is 8.54. The Labute approximate surface area is 217 Å². The monoisotopic (exact) mass is 496 g/mol. The number of hydrogen-bond donors (Lipinski definition) is 2. The number of carboxylic acid groups (broad SMARTS) is 2. The van der Waals surface area contributed by atoms with Crippen molar-refractivity contribution in [2.75, 3.05) is 25.0 Å². The standard InChI is InChI=1S/C27H28N2.C4H4O4/c1-28-17-15-22(16-18-28)27-24-12-6-5-11-23(24)20-29(19-21-9-3-2-4-10-21)26-14-8-7-13-25(26)27;5-3(6)1-2-4(7)8/h2-14H,15-20H2,1H3;1-2H,(H,5,6)(H,7,8)/b;2-1+. The van der Waals surface area contributed by atoms with Gasteiger partial charge < -0.3 is 20.0 Å². The molecule has 0 bridgehead atoms. The van der Waals surface area contributed by atoms with Crippen LogP contribution >= 0.6 is 0 Å². The van der Waals surface area contributed by atoms with E-state index in [4.69, 9.17) is 10.2 Å². The normalized spacial score (nSPS) is 15.3. The summed E-state index contributed by atoms with van der Waals surface area (Å²) < 4.78 is 0. The minimum atomic E-state index is -1.26. The smallest absolute Gasteiger partial charge is 0.328 e. The van der Waals surface area contributed by atoms with Gasteiger partial charge in [-0.2, -0.15) is 0 Å². The first-order chi connectivity index (χ1) is 17.9. The molecule has 0 unspecified atom stereocenters. The van der Waals surface area contributed by atoms with Crippen molar-refractivity contribution in [1.29, 1.82) is 0 Å². The highest BCUT2D eigenvalue weighted by atomic mass is 16.4. The molecule has 2 heterocycles. The number of hydrogen-bond acceptors (Lipinski definition) is 4. The van der Waals surface area contributed by atoms with Gasteiger partial charge in [0.05, 0.1) is 0 Å². The van der Waals surface area contributed by atoms with Crippen LogP contribution in [-0.4, -0.2) is 47.2 Å². The van der Waals surface area contributed by atoms with Crippen LogP contribution in [0.3, 0.4) is 0 Å². The second kappa shape index (κ2) is 12.2. The first-order valence-corrected chi connectivity index (χ1v) is 12.4. The predicted molar refractivity (Wildman–Crippen MR) is 146 cm³/mol. The molecule has 5 rings (SSSR count). The third kappa shape index (κ3) is 6.74. The highest BCUT2D eigenvalue weighted by Gasteiger charge is 2.26. The fraction of sp³-hybridized carbons (Fsp3) is 0.226. The SMILES string of the molecule is CN1CCC(=C2c3ccccc3CN(Cc3ccccc3)c3ccccc32)CC1.O=C(O)/C=C/C(=O)O. The molecule has 3 aromatic rings. The van der Waals surface area contributed by atoms with Gasteiger partial charge in [-0.05, 0) is 48.2 Å². The molecule has 2 N–H and O–H groups in total. The molecule has 0 atom stereocenters. The number of carbonyl (C=O) groups is 2. The first kappa shape index (κ1) is 25.9. The van der Waals surface area contributed by atoms with E-state index in [0.717, 1.165) is 39.0 Å². The average Bonchev–Trinajstić information content (AvgIpc) is 3.04. The molecule has 1 fully saturated rings. The number of aliphatic carboxylic acids is 2. The summed E-state index contributed by atoms with van der Waals surface area (Å²) in [6, 6.07) is 28.9. The third-order valence-corrected chi connectivity index (χ3v) is 6.69. The van der Waals surface area contributed by atoms with Crippen LogP contribution in [0, 0.1) is 0 Å². The quantitative estimate of drug-likeness (QED) is 0.468. The summed E-state index contributed by atoms with van der Waals surface area (Å²) in [7, 11) is 2.23. The molecule has 0 amide bonds. The molecule has 2 aliphatic rings. The Morgan fingerprint density at radius 2 is 1.35 bits per heavy atom. The molecular formula is C31H32N2O4. The van der Waals surface area contributed by atoms with Crippen molar-refractivity contribution < 1.29 is 19.8 Å². The van der Waals surface area contributed by atoms with Crippen molar-refractivity contribution in [2.24, 2.45) is 0 Å². The van der Waals surface area contributed by atoms with E-state index in [1.54, 1.807) is 5.57 Å². The molecule has 0 radical (unpaired) electrons. The summed E-state index contributed by atoms with van der Waals surface area (Å²) >= 11 is 0. The summed E-state index contributed by atoms with van der Waals surface area (Å²) in [4.78, 5) is 24.1. The third-order valence-electron chi connectivity index (χ3n) is 6.69. The summed E-state index contributed by atoms with van der Waals surface area (Å²) in [5, 5.41) is 15.6. The van der Waals surface area contributed by atoms with Gasteiger partial charge in [0.25, 0.3) is 0 Å². The van der Waals surface area contributed by atoms with Gasteiger partial charge in [-0.3, -0.25) is 0 Å². The van der Waals surface area contributed by atoms with Crippen LogP contribution in [0.25, 0.3) is 5.57 Å². The molecule has 0 aromatic heterocycles. The van der Waals surface area contributed by atoms with Gasteiger partial charge in [-0.15, -0.1) is 0 Å². The minimum absolute atomic E-state index is 0.558. The molecular weight excluding hydrogens is 464 g/mol. The van der Waals surface area contributed by atoms with Gasteiger partial charge in [-0.1, -0.05) is 78.4 Å². The maximum atomic E-state index is 9.55. The molecule has 2 aliphatic heterocycles.